The zero-order valence-electron chi connectivity index (χ0n) is 12.6. The van der Waals surface area contributed by atoms with Gasteiger partial charge in [0, 0.05) is 12.3 Å². The summed E-state index contributed by atoms with van der Waals surface area (Å²) >= 11 is 0. The van der Waals surface area contributed by atoms with Crippen molar-refractivity contribution in [2.24, 2.45) is 0 Å². The number of aromatic carboxylic acids is 1. The predicted octanol–water partition coefficient (Wildman–Crippen LogP) is 2.22. The molecule has 0 bridgehead atoms. The Kier molecular flexibility index (Phi) is 5.91. The number of ether oxygens (including phenoxy) is 2. The molecule has 0 radical (unpaired) electrons. The summed E-state index contributed by atoms with van der Waals surface area (Å²) in [6.45, 7) is 3.44. The van der Waals surface area contributed by atoms with E-state index in [1.807, 2.05) is 6.92 Å². The molecule has 0 aromatic heterocycles. The SMILES string of the molecule is Cc1ccc(C(=O)O)cc1NC(=O)CCOCC1CCCO1. The number of anilines is 1. The van der Waals surface area contributed by atoms with Crippen LogP contribution in [0.5, 0.6) is 0 Å². The number of nitrogens with one attached hydrogen (secondary N) is 1. The fourth-order valence-electron chi connectivity index (χ4n) is 2.26. The van der Waals surface area contributed by atoms with Crippen LogP contribution in [0.1, 0.15) is 35.2 Å². The molecule has 1 atom stereocenters. The zero-order valence-corrected chi connectivity index (χ0v) is 12.6. The van der Waals surface area contributed by atoms with Gasteiger partial charge in [0.25, 0.3) is 0 Å². The van der Waals surface area contributed by atoms with Crippen LogP contribution in [0.15, 0.2) is 18.2 Å². The van der Waals surface area contributed by atoms with E-state index in [9.17, 15) is 9.59 Å². The smallest absolute Gasteiger partial charge is 0.335 e. The molecule has 1 fully saturated rings. The highest BCUT2D eigenvalue weighted by Crippen LogP contribution is 2.17. The summed E-state index contributed by atoms with van der Waals surface area (Å²) in [6.07, 6.45) is 2.45. The Hall–Kier alpha value is -1.92. The molecular weight excluding hydrogens is 286 g/mol. The molecule has 120 valence electrons. The number of amides is 1. The van der Waals surface area contributed by atoms with Gasteiger partial charge in [0.1, 0.15) is 0 Å². The van der Waals surface area contributed by atoms with Crippen LogP contribution < -0.4 is 5.32 Å². The largest absolute Gasteiger partial charge is 0.478 e. The minimum atomic E-state index is -1.02. The van der Waals surface area contributed by atoms with E-state index in [2.05, 4.69) is 5.32 Å². The maximum atomic E-state index is 11.9. The van der Waals surface area contributed by atoms with Crippen LogP contribution in [-0.4, -0.2) is 42.9 Å². The van der Waals surface area contributed by atoms with Gasteiger partial charge in [-0.15, -0.1) is 0 Å². The number of rotatable bonds is 7. The quantitative estimate of drug-likeness (QED) is 0.754. The molecule has 1 heterocycles. The maximum absolute atomic E-state index is 11.9. The minimum Gasteiger partial charge on any atom is -0.478 e. The van der Waals surface area contributed by atoms with Gasteiger partial charge in [-0.05, 0) is 37.5 Å². The Labute approximate surface area is 129 Å². The molecule has 1 saturated heterocycles. The molecule has 22 heavy (non-hydrogen) atoms. The Bertz CT molecular complexity index is 537. The van der Waals surface area contributed by atoms with Crippen molar-refractivity contribution in [2.75, 3.05) is 25.1 Å². The Morgan fingerprint density at radius 3 is 2.95 bits per heavy atom. The van der Waals surface area contributed by atoms with Crippen molar-refractivity contribution in [3.05, 3.63) is 29.3 Å². The lowest BCUT2D eigenvalue weighted by atomic mass is 10.1. The van der Waals surface area contributed by atoms with Gasteiger partial charge in [-0.3, -0.25) is 4.79 Å². The van der Waals surface area contributed by atoms with Crippen LogP contribution in [-0.2, 0) is 14.3 Å². The lowest BCUT2D eigenvalue weighted by Crippen LogP contribution is -2.18. The molecule has 1 unspecified atom stereocenters. The normalized spacial score (nSPS) is 17.4. The molecule has 6 nitrogen and oxygen atoms in total. The average molecular weight is 307 g/mol. The second kappa shape index (κ2) is 7.91. The van der Waals surface area contributed by atoms with Gasteiger partial charge in [-0.25, -0.2) is 4.79 Å². The Morgan fingerprint density at radius 1 is 1.45 bits per heavy atom. The van der Waals surface area contributed by atoms with E-state index in [-0.39, 0.29) is 24.0 Å². The number of carboxylic acids is 1. The number of carbonyl (C=O) groups excluding carboxylic acids is 1. The van der Waals surface area contributed by atoms with Crippen molar-refractivity contribution >= 4 is 17.6 Å². The zero-order chi connectivity index (χ0) is 15.9. The van der Waals surface area contributed by atoms with E-state index in [1.165, 1.54) is 12.1 Å². The average Bonchev–Trinajstić information content (AvgIpc) is 2.99. The predicted molar refractivity (Wildman–Crippen MR) is 81.2 cm³/mol. The first-order valence-electron chi connectivity index (χ1n) is 7.39. The van der Waals surface area contributed by atoms with E-state index in [1.54, 1.807) is 6.07 Å². The molecule has 1 aliphatic heterocycles. The Morgan fingerprint density at radius 2 is 2.27 bits per heavy atom. The fraction of sp³-hybridized carbons (Fsp3) is 0.500. The molecule has 1 aromatic rings. The topological polar surface area (TPSA) is 84.9 Å². The first-order chi connectivity index (χ1) is 10.6. The first kappa shape index (κ1) is 16.5. The van der Waals surface area contributed by atoms with E-state index < -0.39 is 5.97 Å². The van der Waals surface area contributed by atoms with E-state index >= 15 is 0 Å². The number of benzene rings is 1. The number of hydrogen-bond donors (Lipinski definition) is 2. The van der Waals surface area contributed by atoms with Crippen molar-refractivity contribution in [3.8, 4) is 0 Å². The highest BCUT2D eigenvalue weighted by Gasteiger charge is 2.15. The maximum Gasteiger partial charge on any atom is 0.335 e. The number of carbonyl (C=O) groups is 2. The standard InChI is InChI=1S/C16H21NO5/c1-11-4-5-12(16(19)20)9-14(11)17-15(18)6-8-21-10-13-3-2-7-22-13/h4-5,9,13H,2-3,6-8,10H2,1H3,(H,17,18)(H,19,20). The third-order valence-corrected chi connectivity index (χ3v) is 3.56. The van der Waals surface area contributed by atoms with Gasteiger partial charge >= 0.3 is 5.97 Å². The summed E-state index contributed by atoms with van der Waals surface area (Å²) in [4.78, 5) is 22.8. The van der Waals surface area contributed by atoms with Crippen molar-refractivity contribution in [1.29, 1.82) is 0 Å². The number of aryl methyl sites for hydroxylation is 1. The third kappa shape index (κ3) is 4.82. The van der Waals surface area contributed by atoms with Crippen LogP contribution in [0, 0.1) is 6.92 Å². The molecule has 0 spiro atoms. The molecular formula is C16H21NO5. The van der Waals surface area contributed by atoms with Gasteiger partial charge in [-0.2, -0.15) is 0 Å². The lowest BCUT2D eigenvalue weighted by molar-refractivity contribution is -0.117. The first-order valence-corrected chi connectivity index (χ1v) is 7.39. The molecule has 1 aliphatic rings. The number of hydrogen-bond acceptors (Lipinski definition) is 4. The molecule has 2 N–H and O–H groups in total. The molecule has 1 aromatic carbocycles. The molecule has 1 amide bonds. The van der Waals surface area contributed by atoms with Crippen LogP contribution >= 0.6 is 0 Å². The van der Waals surface area contributed by atoms with Crippen LogP contribution in [0.2, 0.25) is 0 Å². The van der Waals surface area contributed by atoms with Crippen LogP contribution in [0.25, 0.3) is 0 Å². The van der Waals surface area contributed by atoms with Gasteiger partial charge < -0.3 is 19.9 Å². The summed E-state index contributed by atoms with van der Waals surface area (Å²) in [5.41, 5.74) is 1.48. The summed E-state index contributed by atoms with van der Waals surface area (Å²) in [5, 5.41) is 11.7. The molecule has 0 saturated carbocycles. The van der Waals surface area contributed by atoms with Gasteiger partial charge in [0.15, 0.2) is 0 Å². The number of carboxylic acid groups (broad SMARTS) is 1. The van der Waals surface area contributed by atoms with E-state index in [4.69, 9.17) is 14.6 Å². The van der Waals surface area contributed by atoms with Crippen molar-refractivity contribution < 1.29 is 24.2 Å². The third-order valence-electron chi connectivity index (χ3n) is 3.56. The molecule has 0 aliphatic carbocycles. The lowest BCUT2D eigenvalue weighted by Gasteiger charge is -2.11. The van der Waals surface area contributed by atoms with E-state index in [0.29, 0.717) is 18.9 Å². The summed E-state index contributed by atoms with van der Waals surface area (Å²) in [5.74, 6) is -1.21. The fourth-order valence-corrected chi connectivity index (χ4v) is 2.26. The van der Waals surface area contributed by atoms with Crippen LogP contribution in [0.4, 0.5) is 5.69 Å². The van der Waals surface area contributed by atoms with E-state index in [0.717, 1.165) is 25.0 Å². The summed E-state index contributed by atoms with van der Waals surface area (Å²) in [7, 11) is 0. The summed E-state index contributed by atoms with van der Waals surface area (Å²) < 4.78 is 10.9. The van der Waals surface area contributed by atoms with Crippen molar-refractivity contribution in [2.45, 2.75) is 32.3 Å². The highest BCUT2D eigenvalue weighted by atomic mass is 16.5. The highest BCUT2D eigenvalue weighted by molar-refractivity contribution is 5.94. The van der Waals surface area contributed by atoms with Crippen molar-refractivity contribution in [3.63, 3.8) is 0 Å². The van der Waals surface area contributed by atoms with Gasteiger partial charge in [-0.1, -0.05) is 6.07 Å². The van der Waals surface area contributed by atoms with Gasteiger partial charge in [0.2, 0.25) is 5.91 Å². The second-order valence-corrected chi connectivity index (χ2v) is 5.34. The second-order valence-electron chi connectivity index (χ2n) is 5.34. The summed E-state index contributed by atoms with van der Waals surface area (Å²) in [6, 6.07) is 4.65. The minimum absolute atomic E-state index is 0.149. The van der Waals surface area contributed by atoms with Gasteiger partial charge in [0.05, 0.1) is 31.3 Å². The molecule has 2 rings (SSSR count). The van der Waals surface area contributed by atoms with Crippen molar-refractivity contribution in [1.82, 2.24) is 0 Å². The molecule has 6 heteroatoms. The van der Waals surface area contributed by atoms with Crippen LogP contribution in [0.3, 0.4) is 0 Å². The monoisotopic (exact) mass is 307 g/mol. The Balaban J connectivity index is 1.76.